The van der Waals surface area contributed by atoms with E-state index in [1.807, 2.05) is 6.26 Å². The SMILES string of the molecule is CSc1nc(Cl)cc(Nc2cc(Cl)c(Cl)cc2Cl)n1. The minimum Gasteiger partial charge on any atom is -0.339 e. The number of thioether (sulfide) groups is 1. The Morgan fingerprint density at radius 1 is 0.947 bits per heavy atom. The number of hydrogen-bond acceptors (Lipinski definition) is 4. The van der Waals surface area contributed by atoms with Crippen molar-refractivity contribution in [2.24, 2.45) is 0 Å². The first-order chi connectivity index (χ1) is 8.99. The monoisotopic (exact) mass is 353 g/mol. The van der Waals surface area contributed by atoms with E-state index in [1.165, 1.54) is 11.8 Å². The average molecular weight is 355 g/mol. The van der Waals surface area contributed by atoms with Crippen LogP contribution in [0.15, 0.2) is 23.4 Å². The van der Waals surface area contributed by atoms with E-state index in [0.29, 0.717) is 36.9 Å². The Kier molecular flexibility index (Phi) is 5.03. The van der Waals surface area contributed by atoms with Gasteiger partial charge in [0.2, 0.25) is 0 Å². The fraction of sp³-hybridized carbons (Fsp3) is 0.0909. The highest BCUT2D eigenvalue weighted by atomic mass is 35.5. The van der Waals surface area contributed by atoms with Crippen molar-refractivity contribution in [3.05, 3.63) is 38.4 Å². The molecule has 1 aromatic carbocycles. The van der Waals surface area contributed by atoms with E-state index in [-0.39, 0.29) is 0 Å². The Labute approximate surface area is 134 Å². The number of nitrogens with one attached hydrogen (secondary N) is 1. The highest BCUT2D eigenvalue weighted by molar-refractivity contribution is 7.98. The zero-order valence-electron chi connectivity index (χ0n) is 9.55. The normalized spacial score (nSPS) is 10.6. The summed E-state index contributed by atoms with van der Waals surface area (Å²) >= 11 is 25.2. The molecule has 1 N–H and O–H groups in total. The van der Waals surface area contributed by atoms with Crippen LogP contribution in [0.4, 0.5) is 11.5 Å². The number of benzene rings is 1. The molecule has 3 nitrogen and oxygen atoms in total. The molecule has 2 aromatic rings. The Hall–Kier alpha value is -0.390. The van der Waals surface area contributed by atoms with Crippen LogP contribution in [-0.2, 0) is 0 Å². The van der Waals surface area contributed by atoms with Crippen LogP contribution in [0, 0.1) is 0 Å². The van der Waals surface area contributed by atoms with E-state index >= 15 is 0 Å². The lowest BCUT2D eigenvalue weighted by Crippen LogP contribution is -1.97. The molecular formula is C11H7Cl4N3S. The summed E-state index contributed by atoms with van der Waals surface area (Å²) in [5.74, 6) is 0.532. The van der Waals surface area contributed by atoms with Crippen molar-refractivity contribution in [3.8, 4) is 0 Å². The molecule has 0 saturated carbocycles. The molecule has 19 heavy (non-hydrogen) atoms. The zero-order valence-corrected chi connectivity index (χ0v) is 13.4. The van der Waals surface area contributed by atoms with Crippen LogP contribution in [0.3, 0.4) is 0 Å². The predicted octanol–water partition coefficient (Wildman–Crippen LogP) is 5.56. The maximum atomic E-state index is 6.08. The van der Waals surface area contributed by atoms with Gasteiger partial charge in [-0.05, 0) is 18.4 Å². The highest BCUT2D eigenvalue weighted by Gasteiger charge is 2.08. The molecule has 0 aliphatic heterocycles. The largest absolute Gasteiger partial charge is 0.339 e. The number of rotatable bonds is 3. The molecular weight excluding hydrogens is 348 g/mol. The van der Waals surface area contributed by atoms with Gasteiger partial charge in [-0.1, -0.05) is 58.2 Å². The third-order valence-corrected chi connectivity index (χ3v) is 3.91. The van der Waals surface area contributed by atoms with E-state index < -0.39 is 0 Å². The molecule has 1 aromatic heterocycles. The Morgan fingerprint density at radius 2 is 1.63 bits per heavy atom. The summed E-state index contributed by atoms with van der Waals surface area (Å²) in [6.07, 6.45) is 1.86. The van der Waals surface area contributed by atoms with Gasteiger partial charge >= 0.3 is 0 Å². The molecule has 0 unspecified atom stereocenters. The summed E-state index contributed by atoms with van der Waals surface area (Å²) in [5.41, 5.74) is 0.595. The molecule has 0 amide bonds. The molecule has 0 fully saturated rings. The lowest BCUT2D eigenvalue weighted by atomic mass is 10.3. The summed E-state index contributed by atoms with van der Waals surface area (Å²) in [5, 5.41) is 5.17. The second kappa shape index (κ2) is 6.37. The zero-order chi connectivity index (χ0) is 14.0. The van der Waals surface area contributed by atoms with E-state index in [2.05, 4.69) is 15.3 Å². The minimum absolute atomic E-state index is 0.345. The molecule has 0 aliphatic carbocycles. The molecule has 0 saturated heterocycles. The molecule has 100 valence electrons. The first-order valence-corrected chi connectivity index (χ1v) is 7.73. The van der Waals surface area contributed by atoms with Gasteiger partial charge in [0.1, 0.15) is 11.0 Å². The topological polar surface area (TPSA) is 37.8 Å². The van der Waals surface area contributed by atoms with Gasteiger partial charge in [-0.3, -0.25) is 0 Å². The molecule has 2 rings (SSSR count). The second-order valence-corrected chi connectivity index (χ2v) is 5.82. The first-order valence-electron chi connectivity index (χ1n) is 4.99. The predicted molar refractivity (Wildman–Crippen MR) is 83.6 cm³/mol. The third-order valence-electron chi connectivity index (χ3n) is 2.13. The van der Waals surface area contributed by atoms with Crippen LogP contribution in [0.25, 0.3) is 0 Å². The van der Waals surface area contributed by atoms with Gasteiger partial charge in [-0.15, -0.1) is 0 Å². The summed E-state index contributed by atoms with van der Waals surface area (Å²) in [6, 6.07) is 4.78. The summed E-state index contributed by atoms with van der Waals surface area (Å²) in [6.45, 7) is 0. The highest BCUT2D eigenvalue weighted by Crippen LogP contribution is 2.34. The number of halogens is 4. The van der Waals surface area contributed by atoms with E-state index in [0.717, 1.165) is 0 Å². The third kappa shape index (κ3) is 3.80. The van der Waals surface area contributed by atoms with Crippen LogP contribution in [0.5, 0.6) is 0 Å². The molecule has 0 radical (unpaired) electrons. The van der Waals surface area contributed by atoms with Crippen molar-refractivity contribution in [1.82, 2.24) is 9.97 Å². The van der Waals surface area contributed by atoms with Crippen LogP contribution in [0.2, 0.25) is 20.2 Å². The fourth-order valence-corrected chi connectivity index (χ4v) is 2.52. The van der Waals surface area contributed by atoms with Gasteiger partial charge in [0.25, 0.3) is 0 Å². The number of anilines is 2. The maximum absolute atomic E-state index is 6.08. The molecule has 8 heteroatoms. The number of aromatic nitrogens is 2. The Balaban J connectivity index is 2.36. The maximum Gasteiger partial charge on any atom is 0.190 e. The van der Waals surface area contributed by atoms with Crippen molar-refractivity contribution in [2.75, 3.05) is 11.6 Å². The molecule has 0 bridgehead atoms. The quantitative estimate of drug-likeness (QED) is 0.339. The summed E-state index contributed by atoms with van der Waals surface area (Å²) in [4.78, 5) is 8.31. The van der Waals surface area contributed by atoms with Crippen molar-refractivity contribution in [1.29, 1.82) is 0 Å². The van der Waals surface area contributed by atoms with Gasteiger partial charge in [0, 0.05) is 6.07 Å². The molecule has 1 heterocycles. The van der Waals surface area contributed by atoms with E-state index in [1.54, 1.807) is 18.2 Å². The van der Waals surface area contributed by atoms with E-state index in [9.17, 15) is 0 Å². The van der Waals surface area contributed by atoms with Crippen LogP contribution >= 0.6 is 58.2 Å². The van der Waals surface area contributed by atoms with Gasteiger partial charge in [0.05, 0.1) is 20.8 Å². The van der Waals surface area contributed by atoms with Crippen molar-refractivity contribution >= 4 is 69.7 Å². The second-order valence-electron chi connectivity index (χ2n) is 3.43. The molecule has 0 aliphatic rings. The van der Waals surface area contributed by atoms with Crippen molar-refractivity contribution < 1.29 is 0 Å². The average Bonchev–Trinajstić information content (AvgIpc) is 2.35. The lowest BCUT2D eigenvalue weighted by molar-refractivity contribution is 0.976. The lowest BCUT2D eigenvalue weighted by Gasteiger charge is -2.10. The minimum atomic E-state index is 0.345. The van der Waals surface area contributed by atoms with Gasteiger partial charge in [-0.25, -0.2) is 9.97 Å². The standard InChI is InChI=1S/C11H7Cl4N3S/c1-19-11-17-9(15)4-10(18-11)16-8-3-6(13)5(12)2-7(8)14/h2-4H,1H3,(H,16,17,18). The Morgan fingerprint density at radius 3 is 2.32 bits per heavy atom. The van der Waals surface area contributed by atoms with Crippen LogP contribution in [-0.4, -0.2) is 16.2 Å². The fourth-order valence-electron chi connectivity index (χ4n) is 1.31. The Bertz CT molecular complexity index is 621. The summed E-state index contributed by atoms with van der Waals surface area (Å²) < 4.78 is 0. The molecule has 0 atom stereocenters. The van der Waals surface area contributed by atoms with Gasteiger partial charge in [-0.2, -0.15) is 0 Å². The van der Waals surface area contributed by atoms with E-state index in [4.69, 9.17) is 46.4 Å². The summed E-state index contributed by atoms with van der Waals surface area (Å²) in [7, 11) is 0. The van der Waals surface area contributed by atoms with Crippen molar-refractivity contribution in [3.63, 3.8) is 0 Å². The number of nitrogens with zero attached hydrogens (tertiary/aromatic N) is 2. The smallest absolute Gasteiger partial charge is 0.190 e. The number of hydrogen-bond donors (Lipinski definition) is 1. The van der Waals surface area contributed by atoms with Crippen LogP contribution in [0.1, 0.15) is 0 Å². The molecule has 0 spiro atoms. The van der Waals surface area contributed by atoms with Gasteiger partial charge in [0.15, 0.2) is 5.16 Å². The van der Waals surface area contributed by atoms with Crippen molar-refractivity contribution in [2.45, 2.75) is 5.16 Å². The van der Waals surface area contributed by atoms with Gasteiger partial charge < -0.3 is 5.32 Å². The first kappa shape index (κ1) is 15.0. The van der Waals surface area contributed by atoms with Crippen LogP contribution < -0.4 is 5.32 Å².